The van der Waals surface area contributed by atoms with Crippen molar-refractivity contribution >= 4 is 5.97 Å². The van der Waals surface area contributed by atoms with Crippen LogP contribution in [0, 0.1) is 0 Å². The third kappa shape index (κ3) is 2.08. The third-order valence-corrected chi connectivity index (χ3v) is 2.11. The lowest BCUT2D eigenvalue weighted by atomic mass is 10.1. The molecule has 5 heteroatoms. The number of H-pyrrole nitrogens is 1. The highest BCUT2D eigenvalue weighted by atomic mass is 16.5. The fourth-order valence-electron chi connectivity index (χ4n) is 1.33. The Balaban J connectivity index is 2.20. The van der Waals surface area contributed by atoms with Crippen LogP contribution >= 0.6 is 0 Å². The Labute approximate surface area is 92.4 Å². The average molecular weight is 217 g/mol. The third-order valence-electron chi connectivity index (χ3n) is 2.11. The summed E-state index contributed by atoms with van der Waals surface area (Å²) in [6.45, 7) is 2.16. The molecule has 0 aliphatic rings. The van der Waals surface area contributed by atoms with Gasteiger partial charge in [0.2, 0.25) is 0 Å². The Kier molecular flexibility index (Phi) is 2.95. The maximum Gasteiger partial charge on any atom is 0.338 e. The molecule has 0 bridgehead atoms. The number of carbonyl (C=O) groups is 1. The minimum absolute atomic E-state index is 0.311. The van der Waals surface area contributed by atoms with Crippen LogP contribution in [0.2, 0.25) is 0 Å². The van der Waals surface area contributed by atoms with E-state index in [-0.39, 0.29) is 5.97 Å². The van der Waals surface area contributed by atoms with E-state index in [9.17, 15) is 4.79 Å². The van der Waals surface area contributed by atoms with E-state index in [1.807, 2.05) is 12.1 Å². The van der Waals surface area contributed by atoms with E-state index >= 15 is 0 Å². The van der Waals surface area contributed by atoms with Gasteiger partial charge in [0, 0.05) is 5.56 Å². The average Bonchev–Trinajstić information content (AvgIpc) is 2.83. The quantitative estimate of drug-likeness (QED) is 0.794. The molecule has 1 heterocycles. The number of carbonyl (C=O) groups excluding carboxylic acids is 1. The van der Waals surface area contributed by atoms with Crippen molar-refractivity contribution < 1.29 is 9.53 Å². The molecule has 0 radical (unpaired) electrons. The second kappa shape index (κ2) is 4.57. The summed E-state index contributed by atoms with van der Waals surface area (Å²) in [5, 5.41) is 10.2. The number of rotatable bonds is 3. The molecule has 0 saturated carbocycles. The van der Waals surface area contributed by atoms with Crippen LogP contribution in [0.25, 0.3) is 11.3 Å². The van der Waals surface area contributed by atoms with Crippen molar-refractivity contribution in [1.82, 2.24) is 15.4 Å². The number of benzene rings is 1. The van der Waals surface area contributed by atoms with Gasteiger partial charge in [-0.25, -0.2) is 4.79 Å². The predicted octanol–water partition coefficient (Wildman–Crippen LogP) is 1.65. The van der Waals surface area contributed by atoms with Crippen molar-refractivity contribution in [2.75, 3.05) is 6.61 Å². The number of ether oxygens (including phenoxy) is 1. The van der Waals surface area contributed by atoms with Crippen LogP contribution in [-0.2, 0) is 4.74 Å². The smallest absolute Gasteiger partial charge is 0.338 e. The maximum atomic E-state index is 11.4. The first-order valence-corrected chi connectivity index (χ1v) is 4.94. The van der Waals surface area contributed by atoms with E-state index in [4.69, 9.17) is 4.74 Å². The van der Waals surface area contributed by atoms with Gasteiger partial charge in [0.15, 0.2) is 0 Å². The number of nitrogens with one attached hydrogen (secondary N) is 1. The summed E-state index contributed by atoms with van der Waals surface area (Å²) in [5.74, 6) is -0.311. The molecular weight excluding hydrogens is 206 g/mol. The minimum atomic E-state index is -0.311. The Morgan fingerprint density at radius 3 is 2.69 bits per heavy atom. The van der Waals surface area contributed by atoms with E-state index in [1.165, 1.54) is 0 Å². The van der Waals surface area contributed by atoms with Crippen LogP contribution in [0.4, 0.5) is 0 Å². The van der Waals surface area contributed by atoms with Crippen molar-refractivity contribution in [3.05, 3.63) is 36.0 Å². The Bertz CT molecular complexity index is 462. The number of nitrogens with zero attached hydrogens (tertiary/aromatic N) is 2. The molecule has 0 amide bonds. The number of aromatic amines is 1. The van der Waals surface area contributed by atoms with Crippen LogP contribution in [0.1, 0.15) is 17.3 Å². The number of hydrogen-bond acceptors (Lipinski definition) is 4. The molecular formula is C11H11N3O2. The molecule has 16 heavy (non-hydrogen) atoms. The summed E-state index contributed by atoms with van der Waals surface area (Å²) in [7, 11) is 0. The van der Waals surface area contributed by atoms with Crippen molar-refractivity contribution in [2.45, 2.75) is 6.92 Å². The van der Waals surface area contributed by atoms with Crippen molar-refractivity contribution in [3.8, 4) is 11.3 Å². The van der Waals surface area contributed by atoms with Crippen molar-refractivity contribution in [1.29, 1.82) is 0 Å². The lowest BCUT2D eigenvalue weighted by Gasteiger charge is -2.01. The zero-order valence-electron chi connectivity index (χ0n) is 8.80. The first-order valence-electron chi connectivity index (χ1n) is 4.94. The summed E-state index contributed by atoms with van der Waals surface area (Å²) in [6.07, 6.45) is 1.62. The molecule has 1 aromatic heterocycles. The van der Waals surface area contributed by atoms with E-state index in [0.29, 0.717) is 12.2 Å². The Morgan fingerprint density at radius 2 is 2.12 bits per heavy atom. The van der Waals surface area contributed by atoms with E-state index < -0.39 is 0 Å². The standard InChI is InChI=1S/C11H11N3O2/c1-2-16-11(15)9-5-3-8(4-6-9)10-7-12-14-13-10/h3-7H,2H2,1H3,(H,12,13,14). The SMILES string of the molecule is CCOC(=O)c1ccc(-c2cn[nH]n2)cc1. The van der Waals surface area contributed by atoms with Crippen molar-refractivity contribution in [2.24, 2.45) is 0 Å². The molecule has 0 fully saturated rings. The Morgan fingerprint density at radius 1 is 1.38 bits per heavy atom. The van der Waals surface area contributed by atoms with E-state index in [1.54, 1.807) is 25.3 Å². The maximum absolute atomic E-state index is 11.4. The lowest BCUT2D eigenvalue weighted by molar-refractivity contribution is 0.0526. The van der Waals surface area contributed by atoms with E-state index in [0.717, 1.165) is 11.3 Å². The number of hydrogen-bond donors (Lipinski definition) is 1. The summed E-state index contributed by atoms with van der Waals surface area (Å²) in [5.41, 5.74) is 2.19. The summed E-state index contributed by atoms with van der Waals surface area (Å²) < 4.78 is 4.89. The van der Waals surface area contributed by atoms with Gasteiger partial charge in [-0.2, -0.15) is 15.4 Å². The molecule has 0 spiro atoms. The van der Waals surface area contributed by atoms with Gasteiger partial charge in [-0.05, 0) is 19.1 Å². The number of aromatic nitrogens is 3. The van der Waals surface area contributed by atoms with Gasteiger partial charge in [-0.15, -0.1) is 0 Å². The van der Waals surface area contributed by atoms with Crippen LogP contribution < -0.4 is 0 Å². The highest BCUT2D eigenvalue weighted by Crippen LogP contribution is 2.16. The van der Waals surface area contributed by atoms with Crippen LogP contribution in [0.5, 0.6) is 0 Å². The van der Waals surface area contributed by atoms with Crippen LogP contribution in [0.3, 0.4) is 0 Å². The summed E-state index contributed by atoms with van der Waals surface area (Å²) in [4.78, 5) is 11.4. The molecule has 0 saturated heterocycles. The van der Waals surface area contributed by atoms with Gasteiger partial charge in [-0.3, -0.25) is 0 Å². The summed E-state index contributed by atoms with van der Waals surface area (Å²) >= 11 is 0. The normalized spacial score (nSPS) is 10.1. The van der Waals surface area contributed by atoms with Crippen molar-refractivity contribution in [3.63, 3.8) is 0 Å². The predicted molar refractivity (Wildman–Crippen MR) is 57.8 cm³/mol. The fourth-order valence-corrected chi connectivity index (χ4v) is 1.33. The Hall–Kier alpha value is -2.17. The molecule has 2 rings (SSSR count). The van der Waals surface area contributed by atoms with E-state index in [2.05, 4.69) is 15.4 Å². The molecule has 0 unspecified atom stereocenters. The molecule has 2 aromatic rings. The van der Waals surface area contributed by atoms with Gasteiger partial charge < -0.3 is 4.74 Å². The van der Waals surface area contributed by atoms with Gasteiger partial charge in [0.1, 0.15) is 5.69 Å². The molecule has 0 aliphatic carbocycles. The molecule has 0 atom stereocenters. The largest absolute Gasteiger partial charge is 0.462 e. The van der Waals surface area contributed by atoms with Crippen LogP contribution in [0.15, 0.2) is 30.5 Å². The highest BCUT2D eigenvalue weighted by Gasteiger charge is 2.06. The monoisotopic (exact) mass is 217 g/mol. The molecule has 0 aliphatic heterocycles. The lowest BCUT2D eigenvalue weighted by Crippen LogP contribution is -2.03. The fraction of sp³-hybridized carbons (Fsp3) is 0.182. The second-order valence-corrected chi connectivity index (χ2v) is 3.15. The second-order valence-electron chi connectivity index (χ2n) is 3.15. The van der Waals surface area contributed by atoms with Gasteiger partial charge in [0.05, 0.1) is 18.4 Å². The zero-order chi connectivity index (χ0) is 11.4. The first-order chi connectivity index (χ1) is 7.81. The molecule has 1 aromatic carbocycles. The molecule has 5 nitrogen and oxygen atoms in total. The van der Waals surface area contributed by atoms with Gasteiger partial charge >= 0.3 is 5.97 Å². The van der Waals surface area contributed by atoms with Crippen LogP contribution in [-0.4, -0.2) is 28.0 Å². The minimum Gasteiger partial charge on any atom is -0.462 e. The first kappa shape index (κ1) is 10.4. The molecule has 1 N–H and O–H groups in total. The number of esters is 1. The zero-order valence-corrected chi connectivity index (χ0v) is 8.80. The summed E-state index contributed by atoms with van der Waals surface area (Å²) in [6, 6.07) is 7.04. The highest BCUT2D eigenvalue weighted by molar-refractivity contribution is 5.89. The topological polar surface area (TPSA) is 67.9 Å². The van der Waals surface area contributed by atoms with Gasteiger partial charge in [-0.1, -0.05) is 12.1 Å². The van der Waals surface area contributed by atoms with Gasteiger partial charge in [0.25, 0.3) is 0 Å². The molecule has 82 valence electrons.